The van der Waals surface area contributed by atoms with Gasteiger partial charge in [0.05, 0.1) is 6.21 Å². The molecule has 37 heavy (non-hydrogen) atoms. The van der Waals surface area contributed by atoms with Crippen LogP contribution in [0.25, 0.3) is 0 Å². The minimum atomic E-state index is -0.201. The first-order valence-electron chi connectivity index (χ1n) is 12.5. The lowest BCUT2D eigenvalue weighted by Crippen LogP contribution is -2.31. The number of carbonyl (C=O) groups excluding carboxylic acids is 1. The Labute approximate surface area is 218 Å². The quantitative estimate of drug-likeness (QED) is 0.527. The van der Waals surface area contributed by atoms with E-state index in [4.69, 9.17) is 10.7 Å². The number of nitrogens with one attached hydrogen (secondary N) is 2. The fourth-order valence-corrected chi connectivity index (χ4v) is 4.20. The fraction of sp³-hybridized carbons (Fsp3) is 0.310. The molecule has 2 heterocycles. The Kier molecular flexibility index (Phi) is 7.57. The lowest BCUT2D eigenvalue weighted by molar-refractivity contribution is 0.102. The molecular formula is C29H35N7O. The number of rotatable bonds is 5. The van der Waals surface area contributed by atoms with Crippen molar-refractivity contribution in [2.45, 2.75) is 46.0 Å². The third-order valence-corrected chi connectivity index (χ3v) is 6.39. The molecule has 0 unspecified atom stereocenters. The van der Waals surface area contributed by atoms with Crippen LogP contribution in [0.5, 0.6) is 0 Å². The van der Waals surface area contributed by atoms with Crippen molar-refractivity contribution >= 4 is 35.2 Å². The average Bonchev–Trinajstić information content (AvgIpc) is 3.40. The smallest absolute Gasteiger partial charge is 0.255 e. The number of allylic oxidation sites excluding steroid dienone is 1. The number of nitrogens with two attached hydrogens (primary N) is 1. The van der Waals surface area contributed by atoms with Gasteiger partial charge in [-0.3, -0.25) is 9.79 Å². The van der Waals surface area contributed by atoms with E-state index in [0.717, 1.165) is 42.7 Å². The Morgan fingerprint density at radius 1 is 1.14 bits per heavy atom. The van der Waals surface area contributed by atoms with E-state index in [2.05, 4.69) is 58.9 Å². The van der Waals surface area contributed by atoms with Crippen LogP contribution in [0.4, 0.5) is 11.4 Å². The summed E-state index contributed by atoms with van der Waals surface area (Å²) >= 11 is 0. The summed E-state index contributed by atoms with van der Waals surface area (Å²) in [5.74, 6) is 0.748. The molecule has 4 N–H and O–H groups in total. The number of aryl methyl sites for hydroxylation is 1. The first-order chi connectivity index (χ1) is 17.7. The van der Waals surface area contributed by atoms with Crippen LogP contribution in [0, 0.1) is 6.92 Å². The lowest BCUT2D eigenvalue weighted by Gasteiger charge is -2.21. The predicted octanol–water partition coefficient (Wildman–Crippen LogP) is 5.21. The zero-order chi connectivity index (χ0) is 26.6. The van der Waals surface area contributed by atoms with Gasteiger partial charge in [0.2, 0.25) is 5.96 Å². The molecule has 2 aromatic carbocycles. The summed E-state index contributed by atoms with van der Waals surface area (Å²) in [6.45, 7) is 13.9. The molecular weight excluding hydrogens is 462 g/mol. The van der Waals surface area contributed by atoms with Gasteiger partial charge in [0.1, 0.15) is 17.2 Å². The maximum atomic E-state index is 13.1. The average molecular weight is 498 g/mol. The highest BCUT2D eigenvalue weighted by Gasteiger charge is 2.22. The third kappa shape index (κ3) is 6.14. The molecule has 8 nitrogen and oxygen atoms in total. The maximum Gasteiger partial charge on any atom is 0.255 e. The minimum Gasteiger partial charge on any atom is -0.383 e. The van der Waals surface area contributed by atoms with Gasteiger partial charge in [0.25, 0.3) is 5.91 Å². The molecule has 2 aliphatic rings. The molecule has 0 radical (unpaired) electrons. The zero-order valence-electron chi connectivity index (χ0n) is 22.0. The highest BCUT2D eigenvalue weighted by Crippen LogP contribution is 2.26. The van der Waals surface area contributed by atoms with E-state index >= 15 is 0 Å². The number of anilines is 2. The van der Waals surface area contributed by atoms with Crippen molar-refractivity contribution in [3.05, 3.63) is 83.5 Å². The zero-order valence-corrected chi connectivity index (χ0v) is 22.0. The number of aliphatic imine (C=N–C) groups is 3. The van der Waals surface area contributed by atoms with Gasteiger partial charge in [-0.1, -0.05) is 45.5 Å². The number of nitrogens with zero attached hydrogens (tertiary/aromatic N) is 4. The summed E-state index contributed by atoms with van der Waals surface area (Å²) in [4.78, 5) is 28.7. The van der Waals surface area contributed by atoms with Gasteiger partial charge < -0.3 is 21.3 Å². The minimum absolute atomic E-state index is 0.0125. The highest BCUT2D eigenvalue weighted by atomic mass is 16.1. The molecule has 0 aromatic heterocycles. The largest absolute Gasteiger partial charge is 0.383 e. The summed E-state index contributed by atoms with van der Waals surface area (Å²) < 4.78 is 0. The summed E-state index contributed by atoms with van der Waals surface area (Å²) in [5, 5.41) is 6.25. The molecule has 192 valence electrons. The van der Waals surface area contributed by atoms with Crippen LogP contribution in [-0.2, 0) is 5.41 Å². The monoisotopic (exact) mass is 497 g/mol. The van der Waals surface area contributed by atoms with E-state index in [-0.39, 0.29) is 11.3 Å². The van der Waals surface area contributed by atoms with Gasteiger partial charge in [-0.25, -0.2) is 9.98 Å². The van der Waals surface area contributed by atoms with Crippen molar-refractivity contribution in [2.24, 2.45) is 20.7 Å². The topological polar surface area (TPSA) is 107 Å². The van der Waals surface area contributed by atoms with Crippen LogP contribution in [0.3, 0.4) is 0 Å². The first kappa shape index (κ1) is 25.9. The Morgan fingerprint density at radius 3 is 2.59 bits per heavy atom. The second-order valence-electron chi connectivity index (χ2n) is 10.3. The third-order valence-electron chi connectivity index (χ3n) is 6.39. The second kappa shape index (κ2) is 10.8. The second-order valence-corrected chi connectivity index (χ2v) is 10.3. The van der Waals surface area contributed by atoms with E-state index < -0.39 is 0 Å². The number of hydrogen-bond donors (Lipinski definition) is 3. The van der Waals surface area contributed by atoms with E-state index in [0.29, 0.717) is 34.4 Å². The molecule has 0 bridgehead atoms. The van der Waals surface area contributed by atoms with Crippen molar-refractivity contribution in [3.8, 4) is 0 Å². The molecule has 1 fully saturated rings. The Hall–Kier alpha value is -4.20. The summed E-state index contributed by atoms with van der Waals surface area (Å²) in [5.41, 5.74) is 11.6. The van der Waals surface area contributed by atoms with Crippen LogP contribution in [-0.4, -0.2) is 41.8 Å². The number of amides is 1. The Morgan fingerprint density at radius 2 is 1.89 bits per heavy atom. The van der Waals surface area contributed by atoms with E-state index in [1.165, 1.54) is 6.20 Å². The van der Waals surface area contributed by atoms with Crippen LogP contribution in [0.15, 0.2) is 81.7 Å². The van der Waals surface area contributed by atoms with Crippen LogP contribution in [0.1, 0.15) is 55.1 Å². The van der Waals surface area contributed by atoms with Gasteiger partial charge in [-0.2, -0.15) is 0 Å². The van der Waals surface area contributed by atoms with Crippen LogP contribution >= 0.6 is 0 Å². The van der Waals surface area contributed by atoms with E-state index in [1.807, 2.05) is 31.2 Å². The normalized spacial score (nSPS) is 18.0. The highest BCUT2D eigenvalue weighted by molar-refractivity contribution is 6.41. The van der Waals surface area contributed by atoms with Gasteiger partial charge in [0.15, 0.2) is 0 Å². The van der Waals surface area contributed by atoms with Gasteiger partial charge in [-0.15, -0.1) is 0 Å². The molecule has 0 spiro atoms. The molecule has 8 heteroatoms. The van der Waals surface area contributed by atoms with Crippen molar-refractivity contribution in [3.63, 3.8) is 0 Å². The molecule has 1 amide bonds. The molecule has 0 saturated carbocycles. The van der Waals surface area contributed by atoms with Gasteiger partial charge in [0, 0.05) is 36.2 Å². The molecule has 2 aromatic rings. The van der Waals surface area contributed by atoms with Crippen LogP contribution < -0.4 is 16.4 Å². The van der Waals surface area contributed by atoms with Gasteiger partial charge >= 0.3 is 0 Å². The molecule has 0 aliphatic carbocycles. The van der Waals surface area contributed by atoms with Crippen LogP contribution in [0.2, 0.25) is 0 Å². The van der Waals surface area contributed by atoms with E-state index in [1.54, 1.807) is 18.3 Å². The summed E-state index contributed by atoms with van der Waals surface area (Å²) in [6, 6.07) is 13.4. The first-order valence-corrected chi connectivity index (χ1v) is 12.5. The number of carbonyl (C=O) groups is 1. The Balaban J connectivity index is 1.59. The molecule has 0 atom stereocenters. The van der Waals surface area contributed by atoms with Crippen molar-refractivity contribution < 1.29 is 4.79 Å². The maximum absolute atomic E-state index is 13.1. The Bertz CT molecular complexity index is 1320. The molecule has 2 aliphatic heterocycles. The molecule has 1 saturated heterocycles. The number of likely N-dealkylation sites (tertiary alicyclic amines) is 1. The number of hydrogen-bond acceptors (Lipinski definition) is 7. The lowest BCUT2D eigenvalue weighted by atomic mass is 9.87. The van der Waals surface area contributed by atoms with Crippen molar-refractivity contribution in [2.75, 3.05) is 23.7 Å². The van der Waals surface area contributed by atoms with Crippen molar-refractivity contribution in [1.29, 1.82) is 0 Å². The number of benzene rings is 2. The fourth-order valence-electron chi connectivity index (χ4n) is 4.20. The SMILES string of the molecule is C=C/N=C1/C=NC(N2CCCC2)=N/C1=C(/N)Nc1cc(C(=O)Nc2cccc(C(C)(C)C)c2)ccc1C. The standard InChI is InChI=1S/C29H35N7O/c1-6-31-24-18-32-28(36-14-7-8-15-36)35-25(24)26(30)34-23-16-20(13-12-19(23)2)27(37)33-22-11-9-10-21(17-22)29(3,4)5/h6,9-13,16-18,34H,1,7-8,14-15,30H2,2-5H3,(H,33,37)/b26-25-,31-24-. The van der Waals surface area contributed by atoms with Gasteiger partial charge in [-0.05, 0) is 60.6 Å². The summed E-state index contributed by atoms with van der Waals surface area (Å²) in [7, 11) is 0. The predicted molar refractivity (Wildman–Crippen MR) is 153 cm³/mol. The number of guanidine groups is 1. The molecule has 4 rings (SSSR count). The van der Waals surface area contributed by atoms with Crippen molar-refractivity contribution in [1.82, 2.24) is 4.90 Å². The van der Waals surface area contributed by atoms with E-state index in [9.17, 15) is 4.79 Å². The summed E-state index contributed by atoms with van der Waals surface area (Å²) in [6.07, 6.45) is 5.33.